The molecule has 0 aliphatic heterocycles. The van der Waals surface area contributed by atoms with Gasteiger partial charge in [0.15, 0.2) is 0 Å². The molecule has 0 heteroatoms. The summed E-state index contributed by atoms with van der Waals surface area (Å²) in [5.74, 6) is 0. The summed E-state index contributed by atoms with van der Waals surface area (Å²) < 4.78 is 0. The Morgan fingerprint density at radius 1 is 1.22 bits per heavy atom. The van der Waals surface area contributed by atoms with E-state index in [1.807, 2.05) is 0 Å². The lowest BCUT2D eigenvalue weighted by Crippen LogP contribution is -1.71. The van der Waals surface area contributed by atoms with Crippen LogP contribution in [-0.2, 0) is 0 Å². The average molecular weight is 124 g/mol. The zero-order chi connectivity index (χ0) is 7.28. The monoisotopic (exact) mass is 124 g/mol. The third-order valence-electron chi connectivity index (χ3n) is 1.39. The van der Waals surface area contributed by atoms with Gasteiger partial charge < -0.3 is 0 Å². The smallest absolute Gasteiger partial charge is 0.0376 e. The fraction of sp³-hybridized carbons (Fsp3) is 0.556. The van der Waals surface area contributed by atoms with E-state index in [0.29, 0.717) is 0 Å². The summed E-state index contributed by atoms with van der Waals surface area (Å²) in [5, 5.41) is 0. The summed E-state index contributed by atoms with van der Waals surface area (Å²) in [7, 11) is 0. The van der Waals surface area contributed by atoms with E-state index in [4.69, 9.17) is 0 Å². The molecule has 0 saturated carbocycles. The van der Waals surface area contributed by atoms with Gasteiger partial charge in [-0.3, -0.25) is 0 Å². The van der Waals surface area contributed by atoms with Crippen LogP contribution in [0, 0.1) is 0 Å². The van der Waals surface area contributed by atoms with E-state index in [2.05, 4.69) is 39.8 Å². The van der Waals surface area contributed by atoms with Crippen LogP contribution in [0.4, 0.5) is 0 Å². The number of allylic oxidation sites excluding steroid dienone is 4. The van der Waals surface area contributed by atoms with Crippen molar-refractivity contribution in [3.05, 3.63) is 23.3 Å². The standard InChI is InChI=1S/C9H16/c1-5-6-7-9(4)8(2)3/h6-7H,5H2,1-4H3/b7-6+. The molecule has 52 valence electrons. The topological polar surface area (TPSA) is 0 Å². The molecule has 0 radical (unpaired) electrons. The van der Waals surface area contributed by atoms with Crippen molar-refractivity contribution in [1.29, 1.82) is 0 Å². The van der Waals surface area contributed by atoms with E-state index < -0.39 is 0 Å². The van der Waals surface area contributed by atoms with Gasteiger partial charge in [-0.1, -0.05) is 30.2 Å². The lowest BCUT2D eigenvalue weighted by molar-refractivity contribution is 1.20. The molecule has 0 N–H and O–H groups in total. The van der Waals surface area contributed by atoms with Crippen LogP contribution in [0.3, 0.4) is 0 Å². The van der Waals surface area contributed by atoms with Crippen molar-refractivity contribution in [2.24, 2.45) is 0 Å². The quantitative estimate of drug-likeness (QED) is 0.495. The van der Waals surface area contributed by atoms with Gasteiger partial charge in [-0.15, -0.1) is 0 Å². The van der Waals surface area contributed by atoms with Crippen molar-refractivity contribution >= 4 is 0 Å². The highest BCUT2D eigenvalue weighted by Gasteiger charge is 1.81. The highest BCUT2D eigenvalue weighted by Crippen LogP contribution is 2.02. The van der Waals surface area contributed by atoms with Crippen LogP contribution in [0.15, 0.2) is 23.3 Å². The van der Waals surface area contributed by atoms with E-state index in [1.54, 1.807) is 0 Å². The Kier molecular flexibility index (Phi) is 4.12. The first-order valence-electron chi connectivity index (χ1n) is 3.49. The predicted molar refractivity (Wildman–Crippen MR) is 43.5 cm³/mol. The Morgan fingerprint density at radius 3 is 2.11 bits per heavy atom. The van der Waals surface area contributed by atoms with Crippen LogP contribution >= 0.6 is 0 Å². The van der Waals surface area contributed by atoms with Crippen LogP contribution < -0.4 is 0 Å². The molecule has 9 heavy (non-hydrogen) atoms. The summed E-state index contributed by atoms with van der Waals surface area (Å²) in [5.41, 5.74) is 2.79. The normalized spacial score (nSPS) is 10.2. The summed E-state index contributed by atoms with van der Waals surface area (Å²) in [6.07, 6.45) is 5.49. The minimum Gasteiger partial charge on any atom is -0.0845 e. The van der Waals surface area contributed by atoms with E-state index in [-0.39, 0.29) is 0 Å². The zero-order valence-corrected chi connectivity index (χ0v) is 6.86. The van der Waals surface area contributed by atoms with Crippen LogP contribution in [0.1, 0.15) is 34.1 Å². The molecular formula is C9H16. The molecule has 0 fully saturated rings. The van der Waals surface area contributed by atoms with Gasteiger partial charge in [0, 0.05) is 0 Å². The number of rotatable bonds is 2. The molecule has 0 nitrogen and oxygen atoms in total. The fourth-order valence-electron chi connectivity index (χ4n) is 0.461. The van der Waals surface area contributed by atoms with Gasteiger partial charge >= 0.3 is 0 Å². The third-order valence-corrected chi connectivity index (χ3v) is 1.39. The molecule has 0 aromatic heterocycles. The molecule has 0 spiro atoms. The summed E-state index contributed by atoms with van der Waals surface area (Å²) >= 11 is 0. The molecule has 0 aromatic rings. The largest absolute Gasteiger partial charge is 0.0845 e. The highest BCUT2D eigenvalue weighted by molar-refractivity contribution is 5.20. The molecule has 0 atom stereocenters. The first kappa shape index (κ1) is 8.48. The zero-order valence-electron chi connectivity index (χ0n) is 6.86. The predicted octanol–water partition coefficient (Wildman–Crippen LogP) is 3.31. The molecule has 0 aliphatic rings. The Labute approximate surface area is 58.3 Å². The molecule has 0 heterocycles. The number of hydrogen-bond donors (Lipinski definition) is 0. The van der Waals surface area contributed by atoms with Gasteiger partial charge in [0.1, 0.15) is 0 Å². The summed E-state index contributed by atoms with van der Waals surface area (Å²) in [6.45, 7) is 8.56. The maximum atomic E-state index is 2.18. The Hall–Kier alpha value is -0.520. The van der Waals surface area contributed by atoms with Crippen molar-refractivity contribution in [2.75, 3.05) is 0 Å². The molecular weight excluding hydrogens is 108 g/mol. The van der Waals surface area contributed by atoms with Crippen molar-refractivity contribution in [1.82, 2.24) is 0 Å². The second kappa shape index (κ2) is 4.37. The molecule has 0 amide bonds. The van der Waals surface area contributed by atoms with Gasteiger partial charge in [0.05, 0.1) is 0 Å². The lowest BCUT2D eigenvalue weighted by atomic mass is 10.1. The maximum Gasteiger partial charge on any atom is -0.0376 e. The fourth-order valence-corrected chi connectivity index (χ4v) is 0.461. The Balaban J connectivity index is 3.91. The van der Waals surface area contributed by atoms with Gasteiger partial charge in [-0.2, -0.15) is 0 Å². The van der Waals surface area contributed by atoms with Crippen LogP contribution in [0.5, 0.6) is 0 Å². The molecule has 0 bridgehead atoms. The van der Waals surface area contributed by atoms with Crippen molar-refractivity contribution in [2.45, 2.75) is 34.1 Å². The summed E-state index contributed by atoms with van der Waals surface area (Å²) in [6, 6.07) is 0. The SMILES string of the molecule is CC/C=C/C(C)=C(C)C. The van der Waals surface area contributed by atoms with Crippen LogP contribution in [0.25, 0.3) is 0 Å². The minimum atomic E-state index is 1.13. The van der Waals surface area contributed by atoms with Crippen molar-refractivity contribution in [3.8, 4) is 0 Å². The van der Waals surface area contributed by atoms with E-state index >= 15 is 0 Å². The molecule has 0 aliphatic carbocycles. The van der Waals surface area contributed by atoms with E-state index in [0.717, 1.165) is 6.42 Å². The summed E-state index contributed by atoms with van der Waals surface area (Å²) in [4.78, 5) is 0. The number of hydrogen-bond acceptors (Lipinski definition) is 0. The Bertz CT molecular complexity index is 123. The lowest BCUT2D eigenvalue weighted by Gasteiger charge is -1.92. The van der Waals surface area contributed by atoms with Gasteiger partial charge in [-0.05, 0) is 27.2 Å². The minimum absolute atomic E-state index is 1.13. The van der Waals surface area contributed by atoms with E-state index in [1.165, 1.54) is 11.1 Å². The maximum absolute atomic E-state index is 2.18. The molecule has 0 unspecified atom stereocenters. The second-order valence-corrected chi connectivity index (χ2v) is 2.49. The molecule has 0 rings (SSSR count). The van der Waals surface area contributed by atoms with E-state index in [9.17, 15) is 0 Å². The van der Waals surface area contributed by atoms with Crippen molar-refractivity contribution < 1.29 is 0 Å². The highest BCUT2D eigenvalue weighted by atomic mass is 13.9. The van der Waals surface area contributed by atoms with Gasteiger partial charge in [0.2, 0.25) is 0 Å². The van der Waals surface area contributed by atoms with Gasteiger partial charge in [0.25, 0.3) is 0 Å². The van der Waals surface area contributed by atoms with Crippen molar-refractivity contribution in [3.63, 3.8) is 0 Å². The second-order valence-electron chi connectivity index (χ2n) is 2.49. The first-order valence-corrected chi connectivity index (χ1v) is 3.49. The Morgan fingerprint density at radius 2 is 1.78 bits per heavy atom. The third kappa shape index (κ3) is 4.01. The average Bonchev–Trinajstić information content (AvgIpc) is 1.82. The van der Waals surface area contributed by atoms with Crippen LogP contribution in [-0.4, -0.2) is 0 Å². The molecule has 0 aromatic carbocycles. The first-order chi connectivity index (χ1) is 4.18. The van der Waals surface area contributed by atoms with Gasteiger partial charge in [-0.25, -0.2) is 0 Å². The van der Waals surface area contributed by atoms with Crippen LogP contribution in [0.2, 0.25) is 0 Å². The molecule has 0 saturated heterocycles.